The van der Waals surface area contributed by atoms with Gasteiger partial charge in [0.2, 0.25) is 0 Å². The number of carbonyl (C=O) groups is 1. The van der Waals surface area contributed by atoms with E-state index in [9.17, 15) is 4.79 Å². The SMILES string of the molecule is CN1CCN(C)C(C(=O)CCC2CCCCC2)C1. The van der Waals surface area contributed by atoms with Gasteiger partial charge in [-0.1, -0.05) is 32.1 Å². The van der Waals surface area contributed by atoms with Crippen LogP contribution in [-0.2, 0) is 4.79 Å². The minimum absolute atomic E-state index is 0.146. The maximum Gasteiger partial charge on any atom is 0.151 e. The van der Waals surface area contributed by atoms with Crippen LogP contribution in [-0.4, -0.2) is 55.4 Å². The number of piperazine rings is 1. The van der Waals surface area contributed by atoms with Gasteiger partial charge >= 0.3 is 0 Å². The average Bonchev–Trinajstić information content (AvgIpc) is 2.40. The first kappa shape index (κ1) is 14.0. The van der Waals surface area contributed by atoms with Crippen LogP contribution in [0.3, 0.4) is 0 Å². The Morgan fingerprint density at radius 2 is 1.83 bits per heavy atom. The van der Waals surface area contributed by atoms with Crippen molar-refractivity contribution >= 4 is 5.78 Å². The zero-order valence-electron chi connectivity index (χ0n) is 12.0. The van der Waals surface area contributed by atoms with E-state index in [0.29, 0.717) is 5.78 Å². The second kappa shape index (κ2) is 6.67. The molecule has 0 radical (unpaired) electrons. The summed E-state index contributed by atoms with van der Waals surface area (Å²) >= 11 is 0. The molecule has 1 aliphatic carbocycles. The Kier molecular flexibility index (Phi) is 5.19. The molecule has 104 valence electrons. The Hall–Kier alpha value is -0.410. The summed E-state index contributed by atoms with van der Waals surface area (Å²) in [7, 11) is 4.21. The first-order chi connectivity index (χ1) is 8.66. The number of hydrogen-bond donors (Lipinski definition) is 0. The van der Waals surface area contributed by atoms with Crippen LogP contribution in [0.2, 0.25) is 0 Å². The molecule has 1 saturated carbocycles. The van der Waals surface area contributed by atoms with E-state index < -0.39 is 0 Å². The van der Waals surface area contributed by atoms with Crippen molar-refractivity contribution in [2.45, 2.75) is 51.0 Å². The normalized spacial score (nSPS) is 28.4. The highest BCUT2D eigenvalue weighted by molar-refractivity contribution is 5.84. The van der Waals surface area contributed by atoms with Crippen LogP contribution >= 0.6 is 0 Å². The molecule has 0 N–H and O–H groups in total. The molecule has 0 spiro atoms. The van der Waals surface area contributed by atoms with Crippen molar-refractivity contribution in [2.75, 3.05) is 33.7 Å². The maximum absolute atomic E-state index is 12.3. The van der Waals surface area contributed by atoms with Gasteiger partial charge < -0.3 is 4.90 Å². The van der Waals surface area contributed by atoms with Crippen molar-refractivity contribution in [1.82, 2.24) is 9.80 Å². The predicted molar refractivity (Wildman–Crippen MR) is 74.7 cm³/mol. The van der Waals surface area contributed by atoms with E-state index in [-0.39, 0.29) is 6.04 Å². The Morgan fingerprint density at radius 3 is 2.56 bits per heavy atom. The zero-order valence-corrected chi connectivity index (χ0v) is 12.0. The molecule has 0 amide bonds. The smallest absolute Gasteiger partial charge is 0.151 e. The Morgan fingerprint density at radius 1 is 1.11 bits per heavy atom. The third-order valence-electron chi connectivity index (χ3n) is 4.75. The van der Waals surface area contributed by atoms with E-state index in [1.807, 2.05) is 0 Å². The maximum atomic E-state index is 12.3. The lowest BCUT2D eigenvalue weighted by Gasteiger charge is -2.37. The molecule has 1 aliphatic heterocycles. The summed E-state index contributed by atoms with van der Waals surface area (Å²) < 4.78 is 0. The summed E-state index contributed by atoms with van der Waals surface area (Å²) in [5.74, 6) is 1.30. The van der Waals surface area contributed by atoms with Gasteiger partial charge in [0.1, 0.15) is 0 Å². The monoisotopic (exact) mass is 252 g/mol. The van der Waals surface area contributed by atoms with Gasteiger partial charge in [-0.25, -0.2) is 0 Å². The second-order valence-corrected chi connectivity index (χ2v) is 6.27. The molecule has 1 atom stereocenters. The summed E-state index contributed by atoms with van der Waals surface area (Å²) in [5.41, 5.74) is 0. The molecule has 0 aromatic rings. The van der Waals surface area contributed by atoms with Gasteiger partial charge in [0.15, 0.2) is 5.78 Å². The summed E-state index contributed by atoms with van der Waals surface area (Å²) in [6, 6.07) is 0.146. The minimum Gasteiger partial charge on any atom is -0.303 e. The highest BCUT2D eigenvalue weighted by Crippen LogP contribution is 2.27. The van der Waals surface area contributed by atoms with Crippen molar-refractivity contribution in [1.29, 1.82) is 0 Å². The molecule has 0 aromatic carbocycles. The lowest BCUT2D eigenvalue weighted by molar-refractivity contribution is -0.126. The third kappa shape index (κ3) is 3.79. The van der Waals surface area contributed by atoms with Gasteiger partial charge in [0.05, 0.1) is 6.04 Å². The first-order valence-electron chi connectivity index (χ1n) is 7.58. The molecule has 3 nitrogen and oxygen atoms in total. The summed E-state index contributed by atoms with van der Waals surface area (Å²) in [5, 5.41) is 0. The van der Waals surface area contributed by atoms with E-state index in [4.69, 9.17) is 0 Å². The van der Waals surface area contributed by atoms with Crippen LogP contribution in [0, 0.1) is 5.92 Å². The topological polar surface area (TPSA) is 23.6 Å². The molecular formula is C15H28N2O. The van der Waals surface area contributed by atoms with Crippen LogP contribution < -0.4 is 0 Å². The van der Waals surface area contributed by atoms with E-state index in [2.05, 4.69) is 23.9 Å². The fourth-order valence-electron chi connectivity index (χ4n) is 3.35. The average molecular weight is 252 g/mol. The van der Waals surface area contributed by atoms with Crippen molar-refractivity contribution in [3.8, 4) is 0 Å². The minimum atomic E-state index is 0.146. The molecule has 1 unspecified atom stereocenters. The Labute approximate surface area is 112 Å². The van der Waals surface area contributed by atoms with E-state index in [1.165, 1.54) is 32.1 Å². The Balaban J connectivity index is 1.75. The number of nitrogens with zero attached hydrogens (tertiary/aromatic N) is 2. The van der Waals surface area contributed by atoms with Gasteiger partial charge in [-0.15, -0.1) is 0 Å². The highest BCUT2D eigenvalue weighted by Gasteiger charge is 2.28. The Bertz CT molecular complexity index is 274. The van der Waals surface area contributed by atoms with Crippen LogP contribution in [0.1, 0.15) is 44.9 Å². The van der Waals surface area contributed by atoms with E-state index in [0.717, 1.165) is 38.4 Å². The lowest BCUT2D eigenvalue weighted by Crippen LogP contribution is -2.53. The zero-order chi connectivity index (χ0) is 13.0. The standard InChI is InChI=1S/C15H28N2O/c1-16-10-11-17(2)14(12-16)15(18)9-8-13-6-4-3-5-7-13/h13-14H,3-12H2,1-2H3. The molecular weight excluding hydrogens is 224 g/mol. The van der Waals surface area contributed by atoms with Gasteiger partial charge in [-0.2, -0.15) is 0 Å². The molecule has 0 bridgehead atoms. The summed E-state index contributed by atoms with van der Waals surface area (Å²) in [6.07, 6.45) is 8.80. The van der Waals surface area contributed by atoms with Crippen LogP contribution in [0.5, 0.6) is 0 Å². The molecule has 0 aromatic heterocycles. The fraction of sp³-hybridized carbons (Fsp3) is 0.933. The predicted octanol–water partition coefficient (Wildman–Crippen LogP) is 2.16. The molecule has 18 heavy (non-hydrogen) atoms. The number of rotatable bonds is 4. The summed E-state index contributed by atoms with van der Waals surface area (Å²) in [4.78, 5) is 16.8. The van der Waals surface area contributed by atoms with Gasteiger partial charge in [-0.05, 0) is 26.4 Å². The number of Topliss-reactive ketones (excluding diaryl/α,β-unsaturated/α-hetero) is 1. The fourth-order valence-corrected chi connectivity index (χ4v) is 3.35. The number of ketones is 1. The molecule has 2 fully saturated rings. The van der Waals surface area contributed by atoms with Crippen molar-refractivity contribution < 1.29 is 4.79 Å². The third-order valence-corrected chi connectivity index (χ3v) is 4.75. The molecule has 1 saturated heterocycles. The number of hydrogen-bond acceptors (Lipinski definition) is 3. The molecule has 1 heterocycles. The first-order valence-corrected chi connectivity index (χ1v) is 7.58. The summed E-state index contributed by atoms with van der Waals surface area (Å²) in [6.45, 7) is 3.03. The van der Waals surface area contributed by atoms with Crippen molar-refractivity contribution in [2.24, 2.45) is 5.92 Å². The van der Waals surface area contributed by atoms with Crippen molar-refractivity contribution in [3.63, 3.8) is 0 Å². The molecule has 3 heteroatoms. The van der Waals surface area contributed by atoms with Crippen molar-refractivity contribution in [3.05, 3.63) is 0 Å². The highest BCUT2D eigenvalue weighted by atomic mass is 16.1. The van der Waals surface area contributed by atoms with E-state index >= 15 is 0 Å². The number of likely N-dealkylation sites (N-methyl/N-ethyl adjacent to an activating group) is 2. The molecule has 2 aliphatic rings. The van der Waals surface area contributed by atoms with Crippen LogP contribution in [0.25, 0.3) is 0 Å². The van der Waals surface area contributed by atoms with Gasteiger partial charge in [-0.3, -0.25) is 9.69 Å². The second-order valence-electron chi connectivity index (χ2n) is 6.27. The largest absolute Gasteiger partial charge is 0.303 e. The molecule has 2 rings (SSSR count). The van der Waals surface area contributed by atoms with E-state index in [1.54, 1.807) is 0 Å². The van der Waals surface area contributed by atoms with Gasteiger partial charge in [0.25, 0.3) is 0 Å². The quantitative estimate of drug-likeness (QED) is 0.766. The number of carbonyl (C=O) groups excluding carboxylic acids is 1. The van der Waals surface area contributed by atoms with Crippen LogP contribution in [0.4, 0.5) is 0 Å². The van der Waals surface area contributed by atoms with Gasteiger partial charge in [0, 0.05) is 26.1 Å². The lowest BCUT2D eigenvalue weighted by atomic mass is 9.85. The van der Waals surface area contributed by atoms with Crippen LogP contribution in [0.15, 0.2) is 0 Å².